The third-order valence-electron chi connectivity index (χ3n) is 7.37. The fraction of sp³-hybridized carbons (Fsp3) is 0.212. The highest BCUT2D eigenvalue weighted by molar-refractivity contribution is 6.25. The molecule has 0 fully saturated rings. The molecular formula is C33H31N. The van der Waals surface area contributed by atoms with Crippen molar-refractivity contribution in [1.29, 1.82) is 0 Å². The quantitative estimate of drug-likeness (QED) is 0.252. The molecule has 0 aromatic heterocycles. The minimum Gasteiger partial charge on any atom is -0.331 e. The molecule has 1 nitrogen and oxygen atoms in total. The number of rotatable bonds is 3. The molecule has 0 saturated carbocycles. The summed E-state index contributed by atoms with van der Waals surface area (Å²) >= 11 is 0. The molecule has 0 radical (unpaired) electrons. The van der Waals surface area contributed by atoms with E-state index in [1.165, 1.54) is 66.0 Å². The van der Waals surface area contributed by atoms with Crippen molar-refractivity contribution in [2.75, 3.05) is 4.90 Å². The Morgan fingerprint density at radius 3 is 2.00 bits per heavy atom. The zero-order chi connectivity index (χ0) is 23.6. The summed E-state index contributed by atoms with van der Waals surface area (Å²) in [5.74, 6) is 0. The fourth-order valence-corrected chi connectivity index (χ4v) is 6.43. The van der Waals surface area contributed by atoms with Gasteiger partial charge in [0, 0.05) is 16.8 Å². The van der Waals surface area contributed by atoms with Gasteiger partial charge in [0.05, 0.1) is 5.54 Å². The summed E-state index contributed by atoms with van der Waals surface area (Å²) in [5.41, 5.74) is 7.72. The molecule has 0 bridgehead atoms. The van der Waals surface area contributed by atoms with Crippen molar-refractivity contribution in [2.24, 2.45) is 0 Å². The summed E-state index contributed by atoms with van der Waals surface area (Å²) in [5, 5.41) is 7.99. The third-order valence-corrected chi connectivity index (χ3v) is 7.37. The van der Waals surface area contributed by atoms with E-state index >= 15 is 0 Å². The van der Waals surface area contributed by atoms with Gasteiger partial charge in [-0.15, -0.1) is 0 Å². The maximum atomic E-state index is 2.60. The second-order valence-electron chi connectivity index (χ2n) is 10.5. The van der Waals surface area contributed by atoms with Crippen molar-refractivity contribution < 1.29 is 0 Å². The van der Waals surface area contributed by atoms with Crippen molar-refractivity contribution in [1.82, 2.24) is 0 Å². The van der Waals surface area contributed by atoms with Crippen molar-refractivity contribution in [3.8, 4) is 0 Å². The van der Waals surface area contributed by atoms with Gasteiger partial charge in [-0.2, -0.15) is 0 Å². The fourth-order valence-electron chi connectivity index (χ4n) is 6.43. The Bertz CT molecular complexity index is 1600. The average Bonchev–Trinajstić information content (AvgIpc) is 2.76. The molecule has 168 valence electrons. The van der Waals surface area contributed by atoms with E-state index in [1.807, 2.05) is 0 Å². The topological polar surface area (TPSA) is 3.24 Å². The van der Waals surface area contributed by atoms with Gasteiger partial charge in [-0.25, -0.2) is 0 Å². The molecule has 0 amide bonds. The lowest BCUT2D eigenvalue weighted by atomic mass is 9.82. The van der Waals surface area contributed by atoms with Crippen LogP contribution in [0.2, 0.25) is 0 Å². The molecular weight excluding hydrogens is 410 g/mol. The van der Waals surface area contributed by atoms with E-state index in [1.54, 1.807) is 0 Å². The number of allylic oxidation sites excluding steroid dienone is 2. The monoisotopic (exact) mass is 441 g/mol. The molecule has 1 aliphatic rings. The van der Waals surface area contributed by atoms with Crippen LogP contribution in [-0.2, 0) is 0 Å². The van der Waals surface area contributed by atoms with Crippen molar-refractivity contribution in [3.05, 3.63) is 107 Å². The standard InChI is InChI=1S/C33H31N/c1-21-15-22(2)18-28(17-21)34(33(5)19-23(3)16-24(4)20-33)30-14-12-27-10-9-25-7-6-8-26-11-13-29(30)32(27)31(25)26/h6-19H,20H2,1-5H3. The number of hydrogen-bond donors (Lipinski definition) is 0. The third kappa shape index (κ3) is 3.22. The van der Waals surface area contributed by atoms with Crippen LogP contribution in [-0.4, -0.2) is 5.54 Å². The summed E-state index contributed by atoms with van der Waals surface area (Å²) in [7, 11) is 0. The SMILES string of the molecule is CC1=CC(C)(N(c2cc(C)cc(C)c2)c2ccc3ccc4cccc5ccc2c3c45)CC(C)=C1. The highest BCUT2D eigenvalue weighted by Crippen LogP contribution is 2.46. The summed E-state index contributed by atoms with van der Waals surface area (Å²) in [6.45, 7) is 11.3. The van der Waals surface area contributed by atoms with Crippen LogP contribution in [0.3, 0.4) is 0 Å². The second kappa shape index (κ2) is 7.46. The zero-order valence-corrected chi connectivity index (χ0v) is 20.7. The van der Waals surface area contributed by atoms with Gasteiger partial charge in [0.2, 0.25) is 0 Å². The van der Waals surface area contributed by atoms with Crippen LogP contribution < -0.4 is 4.90 Å². The van der Waals surface area contributed by atoms with E-state index in [4.69, 9.17) is 0 Å². The Hall–Kier alpha value is -3.58. The second-order valence-corrected chi connectivity index (χ2v) is 10.5. The highest BCUT2D eigenvalue weighted by Gasteiger charge is 2.34. The Kier molecular flexibility index (Phi) is 4.61. The van der Waals surface area contributed by atoms with Crippen LogP contribution in [0.1, 0.15) is 38.3 Å². The Morgan fingerprint density at radius 2 is 1.32 bits per heavy atom. The zero-order valence-electron chi connectivity index (χ0n) is 20.7. The van der Waals surface area contributed by atoms with Crippen LogP contribution in [0.15, 0.2) is 96.1 Å². The van der Waals surface area contributed by atoms with E-state index in [0.717, 1.165) is 6.42 Å². The molecule has 1 unspecified atom stereocenters. The van der Waals surface area contributed by atoms with Gasteiger partial charge in [0.1, 0.15) is 0 Å². The van der Waals surface area contributed by atoms with Crippen molar-refractivity contribution in [3.63, 3.8) is 0 Å². The molecule has 6 rings (SSSR count). The molecule has 5 aromatic rings. The van der Waals surface area contributed by atoms with Gasteiger partial charge in [0.15, 0.2) is 0 Å². The first-order chi connectivity index (χ1) is 16.3. The number of benzene rings is 5. The Morgan fingerprint density at radius 1 is 0.706 bits per heavy atom. The van der Waals surface area contributed by atoms with E-state index in [0.29, 0.717) is 0 Å². The highest BCUT2D eigenvalue weighted by atomic mass is 15.2. The van der Waals surface area contributed by atoms with Crippen LogP contribution in [0.5, 0.6) is 0 Å². The molecule has 0 heterocycles. The van der Waals surface area contributed by atoms with Gasteiger partial charge < -0.3 is 4.90 Å². The summed E-state index contributed by atoms with van der Waals surface area (Å²) in [6.07, 6.45) is 5.78. The first kappa shape index (κ1) is 21.0. The molecule has 0 aliphatic heterocycles. The number of hydrogen-bond acceptors (Lipinski definition) is 1. The van der Waals surface area contributed by atoms with E-state index in [2.05, 4.69) is 124 Å². The lowest BCUT2D eigenvalue weighted by Gasteiger charge is -2.44. The molecule has 5 aromatic carbocycles. The lowest BCUT2D eigenvalue weighted by molar-refractivity contribution is 0.551. The summed E-state index contributed by atoms with van der Waals surface area (Å²) in [6, 6.07) is 27.4. The van der Waals surface area contributed by atoms with Crippen molar-refractivity contribution >= 4 is 43.7 Å². The average molecular weight is 442 g/mol. The van der Waals surface area contributed by atoms with Crippen LogP contribution in [0.25, 0.3) is 32.3 Å². The number of anilines is 2. The summed E-state index contributed by atoms with van der Waals surface area (Å²) in [4.78, 5) is 2.60. The predicted octanol–water partition coefficient (Wildman–Crippen LogP) is 9.39. The van der Waals surface area contributed by atoms with E-state index < -0.39 is 0 Å². The molecule has 34 heavy (non-hydrogen) atoms. The molecule has 0 N–H and O–H groups in total. The number of aryl methyl sites for hydroxylation is 2. The first-order valence-electron chi connectivity index (χ1n) is 12.2. The molecule has 1 atom stereocenters. The number of nitrogens with zero attached hydrogens (tertiary/aromatic N) is 1. The molecule has 1 heteroatoms. The van der Waals surface area contributed by atoms with Gasteiger partial charge in [-0.05, 0) is 97.3 Å². The molecule has 0 spiro atoms. The van der Waals surface area contributed by atoms with Gasteiger partial charge in [-0.3, -0.25) is 0 Å². The van der Waals surface area contributed by atoms with Crippen molar-refractivity contribution in [2.45, 2.75) is 46.6 Å². The van der Waals surface area contributed by atoms with Crippen LogP contribution in [0.4, 0.5) is 11.4 Å². The van der Waals surface area contributed by atoms with Gasteiger partial charge >= 0.3 is 0 Å². The maximum absolute atomic E-state index is 2.60. The minimum absolute atomic E-state index is 0.161. The normalized spacial score (nSPS) is 18.5. The predicted molar refractivity (Wildman–Crippen MR) is 149 cm³/mol. The van der Waals surface area contributed by atoms with Crippen LogP contribution in [0, 0.1) is 13.8 Å². The van der Waals surface area contributed by atoms with E-state index in [9.17, 15) is 0 Å². The van der Waals surface area contributed by atoms with Gasteiger partial charge in [-0.1, -0.05) is 77.9 Å². The molecule has 0 saturated heterocycles. The largest absolute Gasteiger partial charge is 0.331 e. The minimum atomic E-state index is -0.161. The first-order valence-corrected chi connectivity index (χ1v) is 12.2. The van der Waals surface area contributed by atoms with E-state index in [-0.39, 0.29) is 5.54 Å². The smallest absolute Gasteiger partial charge is 0.0648 e. The summed E-state index contributed by atoms with van der Waals surface area (Å²) < 4.78 is 0. The molecule has 1 aliphatic carbocycles. The lowest BCUT2D eigenvalue weighted by Crippen LogP contribution is -2.43. The Labute approximate surface area is 202 Å². The van der Waals surface area contributed by atoms with Gasteiger partial charge in [0.25, 0.3) is 0 Å². The van der Waals surface area contributed by atoms with Crippen LogP contribution >= 0.6 is 0 Å². The Balaban J connectivity index is 1.71. The maximum Gasteiger partial charge on any atom is 0.0648 e.